The topological polar surface area (TPSA) is 38.9 Å². The molecule has 1 heterocycles. The number of thiazole rings is 1. The van der Waals surface area contributed by atoms with E-state index in [1.807, 2.05) is 24.3 Å². The first-order chi connectivity index (χ1) is 6.25. The maximum absolute atomic E-state index is 5.60. The van der Waals surface area contributed by atoms with E-state index in [0.717, 1.165) is 20.0 Å². The molecule has 0 unspecified atom stereocenters. The molecule has 2 nitrogen and oxygen atoms in total. The normalized spacial score (nSPS) is 10.2. The highest BCUT2D eigenvalue weighted by molar-refractivity contribution is 9.10. The minimum Gasteiger partial charge on any atom is -0.389 e. The third-order valence-electron chi connectivity index (χ3n) is 1.60. The first-order valence-electron chi connectivity index (χ1n) is 3.73. The zero-order valence-electron chi connectivity index (χ0n) is 6.70. The minimum atomic E-state index is 0.745. The smallest absolute Gasteiger partial charge is 0.125 e. The summed E-state index contributed by atoms with van der Waals surface area (Å²) < 4.78 is 1.05. The summed E-state index contributed by atoms with van der Waals surface area (Å²) in [4.78, 5) is 4.20. The quantitative estimate of drug-likeness (QED) is 0.850. The molecule has 13 heavy (non-hydrogen) atoms. The summed E-state index contributed by atoms with van der Waals surface area (Å²) in [6, 6.07) is 8.01. The molecule has 0 aliphatic rings. The maximum atomic E-state index is 5.60. The number of rotatable bonds is 1. The zero-order chi connectivity index (χ0) is 9.26. The Morgan fingerprint density at radius 3 is 2.85 bits per heavy atom. The SMILES string of the molecule is Nc1cnc(-c2cccc(Br)c2)s1. The molecule has 66 valence electrons. The van der Waals surface area contributed by atoms with Gasteiger partial charge in [-0.15, -0.1) is 0 Å². The molecule has 4 heteroatoms. The van der Waals surface area contributed by atoms with Crippen LogP contribution in [0.5, 0.6) is 0 Å². The van der Waals surface area contributed by atoms with Crippen LogP contribution in [0.2, 0.25) is 0 Å². The lowest BCUT2D eigenvalue weighted by Crippen LogP contribution is -1.73. The molecule has 0 fully saturated rings. The Labute approximate surface area is 88.6 Å². The lowest BCUT2D eigenvalue weighted by atomic mass is 10.2. The first kappa shape index (κ1) is 8.72. The van der Waals surface area contributed by atoms with Crippen LogP contribution in [0.3, 0.4) is 0 Å². The Morgan fingerprint density at radius 2 is 2.23 bits per heavy atom. The van der Waals surface area contributed by atoms with Crippen LogP contribution in [0.25, 0.3) is 10.6 Å². The number of hydrogen-bond donors (Lipinski definition) is 1. The fourth-order valence-corrected chi connectivity index (χ4v) is 2.12. The molecule has 0 spiro atoms. The number of hydrogen-bond acceptors (Lipinski definition) is 3. The van der Waals surface area contributed by atoms with Crippen LogP contribution < -0.4 is 5.73 Å². The van der Waals surface area contributed by atoms with Crippen molar-refractivity contribution in [3.63, 3.8) is 0 Å². The second-order valence-corrected chi connectivity index (χ2v) is 4.56. The van der Waals surface area contributed by atoms with Gasteiger partial charge in [-0.2, -0.15) is 0 Å². The lowest BCUT2D eigenvalue weighted by Gasteiger charge is -1.95. The molecule has 0 saturated carbocycles. The first-order valence-corrected chi connectivity index (χ1v) is 5.34. The highest BCUT2D eigenvalue weighted by Gasteiger charge is 2.02. The summed E-state index contributed by atoms with van der Waals surface area (Å²) in [5.74, 6) is 0. The van der Waals surface area contributed by atoms with Gasteiger partial charge in [0.2, 0.25) is 0 Å². The van der Waals surface area contributed by atoms with E-state index in [2.05, 4.69) is 20.9 Å². The van der Waals surface area contributed by atoms with E-state index < -0.39 is 0 Å². The van der Waals surface area contributed by atoms with Gasteiger partial charge >= 0.3 is 0 Å². The Balaban J connectivity index is 2.46. The number of nitrogens with zero attached hydrogens (tertiary/aromatic N) is 1. The summed E-state index contributed by atoms with van der Waals surface area (Å²) in [6.45, 7) is 0. The standard InChI is InChI=1S/C9H7BrN2S/c10-7-3-1-2-6(4-7)9-12-5-8(11)13-9/h1-5H,11H2. The Morgan fingerprint density at radius 1 is 1.38 bits per heavy atom. The van der Waals surface area contributed by atoms with Crippen molar-refractivity contribution in [3.05, 3.63) is 34.9 Å². The second kappa shape index (κ2) is 3.47. The van der Waals surface area contributed by atoms with Crippen LogP contribution in [0, 0.1) is 0 Å². The largest absolute Gasteiger partial charge is 0.389 e. The molecule has 0 aliphatic heterocycles. The zero-order valence-corrected chi connectivity index (χ0v) is 9.10. The van der Waals surface area contributed by atoms with Crippen molar-refractivity contribution < 1.29 is 0 Å². The van der Waals surface area contributed by atoms with E-state index in [-0.39, 0.29) is 0 Å². The van der Waals surface area contributed by atoms with E-state index in [1.54, 1.807) is 6.20 Å². The molecule has 2 N–H and O–H groups in total. The highest BCUT2D eigenvalue weighted by Crippen LogP contribution is 2.27. The van der Waals surface area contributed by atoms with E-state index in [1.165, 1.54) is 11.3 Å². The van der Waals surface area contributed by atoms with Gasteiger partial charge in [0.1, 0.15) is 10.0 Å². The second-order valence-electron chi connectivity index (χ2n) is 2.58. The van der Waals surface area contributed by atoms with Gasteiger partial charge in [-0.25, -0.2) is 4.98 Å². The summed E-state index contributed by atoms with van der Waals surface area (Å²) in [5.41, 5.74) is 6.69. The van der Waals surface area contributed by atoms with Gasteiger partial charge in [0.05, 0.1) is 6.20 Å². The highest BCUT2D eigenvalue weighted by atomic mass is 79.9. The molecule has 2 aromatic rings. The van der Waals surface area contributed by atoms with Crippen molar-refractivity contribution in [2.75, 3.05) is 5.73 Å². The van der Waals surface area contributed by atoms with Gasteiger partial charge in [0.15, 0.2) is 0 Å². The van der Waals surface area contributed by atoms with Crippen molar-refractivity contribution in [2.24, 2.45) is 0 Å². The Hall–Kier alpha value is -0.870. The van der Waals surface area contributed by atoms with Crippen molar-refractivity contribution in [1.29, 1.82) is 0 Å². The van der Waals surface area contributed by atoms with Crippen LogP contribution >= 0.6 is 27.3 Å². The molecule has 0 amide bonds. The molecule has 2 rings (SSSR count). The van der Waals surface area contributed by atoms with E-state index in [4.69, 9.17) is 5.73 Å². The third-order valence-corrected chi connectivity index (χ3v) is 2.96. The van der Waals surface area contributed by atoms with Crippen molar-refractivity contribution in [3.8, 4) is 10.6 Å². The summed E-state index contributed by atoms with van der Waals surface area (Å²) >= 11 is 4.91. The average molecular weight is 255 g/mol. The summed E-state index contributed by atoms with van der Waals surface area (Å²) in [6.07, 6.45) is 1.68. The van der Waals surface area contributed by atoms with Gasteiger partial charge in [-0.05, 0) is 12.1 Å². The minimum absolute atomic E-state index is 0.745. The van der Waals surface area contributed by atoms with E-state index in [9.17, 15) is 0 Å². The summed E-state index contributed by atoms with van der Waals surface area (Å²) in [5, 5.41) is 1.70. The van der Waals surface area contributed by atoms with Gasteiger partial charge in [-0.3, -0.25) is 0 Å². The monoisotopic (exact) mass is 254 g/mol. The van der Waals surface area contributed by atoms with Gasteiger partial charge in [-0.1, -0.05) is 39.4 Å². The third kappa shape index (κ3) is 1.89. The van der Waals surface area contributed by atoms with Gasteiger partial charge in [0.25, 0.3) is 0 Å². The molecule has 1 aromatic carbocycles. The number of aromatic nitrogens is 1. The number of nitrogens with two attached hydrogens (primary N) is 1. The fraction of sp³-hybridized carbons (Fsp3) is 0. The average Bonchev–Trinajstić information content (AvgIpc) is 2.52. The molecule has 0 radical (unpaired) electrons. The molecule has 0 saturated heterocycles. The Kier molecular flexibility index (Phi) is 2.33. The lowest BCUT2D eigenvalue weighted by molar-refractivity contribution is 1.41. The van der Waals surface area contributed by atoms with Crippen LogP contribution in [-0.4, -0.2) is 4.98 Å². The van der Waals surface area contributed by atoms with Crippen molar-refractivity contribution >= 4 is 32.3 Å². The van der Waals surface area contributed by atoms with E-state index in [0.29, 0.717) is 0 Å². The number of nitrogen functional groups attached to an aromatic ring is 1. The van der Waals surface area contributed by atoms with Crippen LogP contribution in [0.1, 0.15) is 0 Å². The summed E-state index contributed by atoms with van der Waals surface area (Å²) in [7, 11) is 0. The molecular formula is C9H7BrN2S. The van der Waals surface area contributed by atoms with Crippen LogP contribution in [0.4, 0.5) is 5.00 Å². The predicted octanol–water partition coefficient (Wildman–Crippen LogP) is 3.15. The Bertz CT molecular complexity index is 425. The van der Waals surface area contributed by atoms with Crippen LogP contribution in [0.15, 0.2) is 34.9 Å². The van der Waals surface area contributed by atoms with Gasteiger partial charge in [0, 0.05) is 10.0 Å². The van der Waals surface area contributed by atoms with E-state index >= 15 is 0 Å². The number of anilines is 1. The molecule has 0 bridgehead atoms. The molecule has 0 aliphatic carbocycles. The van der Waals surface area contributed by atoms with Crippen molar-refractivity contribution in [2.45, 2.75) is 0 Å². The van der Waals surface area contributed by atoms with Crippen LogP contribution in [-0.2, 0) is 0 Å². The number of benzene rings is 1. The number of halogens is 1. The van der Waals surface area contributed by atoms with Crippen molar-refractivity contribution in [1.82, 2.24) is 4.98 Å². The maximum Gasteiger partial charge on any atom is 0.125 e. The van der Waals surface area contributed by atoms with Gasteiger partial charge < -0.3 is 5.73 Å². The predicted molar refractivity (Wildman–Crippen MR) is 59.7 cm³/mol. The molecule has 1 aromatic heterocycles. The fourth-order valence-electron chi connectivity index (χ4n) is 1.04. The molecule has 0 atom stereocenters. The molecular weight excluding hydrogens is 248 g/mol.